The highest BCUT2D eigenvalue weighted by atomic mass is 35.7. The molecule has 2 aliphatic rings. The number of carbonyl (C=O) groups excluding carboxylic acids is 2. The Bertz CT molecular complexity index is 617. The lowest BCUT2D eigenvalue weighted by atomic mass is 9.95. The second kappa shape index (κ2) is 7.70. The molecule has 9 heteroatoms. The lowest BCUT2D eigenvalue weighted by Crippen LogP contribution is -2.43. The van der Waals surface area contributed by atoms with Gasteiger partial charge in [0.15, 0.2) is 0 Å². The molecule has 0 aromatic rings. The fraction of sp³-hybridized carbons (Fsp3) is 0.875. The van der Waals surface area contributed by atoms with E-state index in [1.165, 1.54) is 0 Å². The molecule has 2 amide bonds. The van der Waals surface area contributed by atoms with Gasteiger partial charge in [-0.25, -0.2) is 13.2 Å². The van der Waals surface area contributed by atoms with Gasteiger partial charge >= 0.3 is 6.09 Å². The molecule has 25 heavy (non-hydrogen) atoms. The lowest BCUT2D eigenvalue weighted by molar-refractivity contribution is -0.127. The van der Waals surface area contributed by atoms with Gasteiger partial charge in [-0.15, -0.1) is 0 Å². The SMILES string of the molecule is CC(C)(C)OC(=O)N1CCCC(CCN2CC(S(=O)(=O)Cl)CC2=O)C1. The zero-order valence-corrected chi connectivity index (χ0v) is 16.6. The van der Waals surface area contributed by atoms with Crippen molar-refractivity contribution in [2.75, 3.05) is 26.2 Å². The number of hydrogen-bond donors (Lipinski definition) is 0. The smallest absolute Gasteiger partial charge is 0.410 e. The first kappa shape index (κ1) is 20.3. The van der Waals surface area contributed by atoms with Crippen LogP contribution in [-0.4, -0.2) is 67.2 Å². The van der Waals surface area contributed by atoms with Crippen LogP contribution in [0.25, 0.3) is 0 Å². The molecular weight excluding hydrogens is 368 g/mol. The third-order valence-corrected chi connectivity index (χ3v) is 6.42. The van der Waals surface area contributed by atoms with Crippen molar-refractivity contribution in [2.45, 2.75) is 57.3 Å². The standard InChI is InChI=1S/C16H27ClN2O5S/c1-16(2,3)24-15(21)19-7-4-5-12(10-19)6-8-18-11-13(9-14(18)20)25(17,22)23/h12-13H,4-11H2,1-3H3. The van der Waals surface area contributed by atoms with Crippen LogP contribution in [0.3, 0.4) is 0 Å². The number of amides is 2. The number of halogens is 1. The molecule has 0 bridgehead atoms. The van der Waals surface area contributed by atoms with Crippen LogP contribution in [0.5, 0.6) is 0 Å². The summed E-state index contributed by atoms with van der Waals surface area (Å²) in [6.45, 7) is 7.46. The average Bonchev–Trinajstić information content (AvgIpc) is 2.85. The van der Waals surface area contributed by atoms with Crippen LogP contribution in [-0.2, 0) is 18.6 Å². The van der Waals surface area contributed by atoms with Crippen LogP contribution >= 0.6 is 10.7 Å². The van der Waals surface area contributed by atoms with Gasteiger partial charge in [0.1, 0.15) is 10.9 Å². The van der Waals surface area contributed by atoms with Gasteiger partial charge in [-0.3, -0.25) is 4.79 Å². The highest BCUT2D eigenvalue weighted by Gasteiger charge is 2.37. The Balaban J connectivity index is 1.83. The third kappa shape index (κ3) is 6.02. The van der Waals surface area contributed by atoms with Crippen molar-refractivity contribution in [3.05, 3.63) is 0 Å². The van der Waals surface area contributed by atoms with Crippen LogP contribution in [0.1, 0.15) is 46.5 Å². The Hall–Kier alpha value is -1.02. The summed E-state index contributed by atoms with van der Waals surface area (Å²) in [4.78, 5) is 27.4. The van der Waals surface area contributed by atoms with Crippen molar-refractivity contribution in [3.8, 4) is 0 Å². The Kier molecular flexibility index (Phi) is 6.25. The highest BCUT2D eigenvalue weighted by Crippen LogP contribution is 2.25. The van der Waals surface area contributed by atoms with E-state index in [0.717, 1.165) is 19.3 Å². The molecule has 0 spiro atoms. The molecule has 2 fully saturated rings. The average molecular weight is 395 g/mol. The zero-order valence-electron chi connectivity index (χ0n) is 15.0. The van der Waals surface area contributed by atoms with Crippen molar-refractivity contribution in [3.63, 3.8) is 0 Å². The van der Waals surface area contributed by atoms with Crippen molar-refractivity contribution in [1.82, 2.24) is 9.80 Å². The molecule has 0 aromatic carbocycles. The first-order chi connectivity index (χ1) is 11.5. The van der Waals surface area contributed by atoms with Gasteiger partial charge in [0.2, 0.25) is 15.0 Å². The molecule has 0 saturated carbocycles. The minimum Gasteiger partial charge on any atom is -0.444 e. The normalized spacial score (nSPS) is 25.4. The van der Waals surface area contributed by atoms with Crippen molar-refractivity contribution < 1.29 is 22.7 Å². The molecule has 2 saturated heterocycles. The van der Waals surface area contributed by atoms with E-state index in [1.807, 2.05) is 20.8 Å². The fourth-order valence-electron chi connectivity index (χ4n) is 3.27. The number of carbonyl (C=O) groups is 2. The van der Waals surface area contributed by atoms with Crippen LogP contribution in [0.15, 0.2) is 0 Å². The van der Waals surface area contributed by atoms with Crippen molar-refractivity contribution >= 4 is 31.7 Å². The number of rotatable bonds is 4. The van der Waals surface area contributed by atoms with Gasteiger partial charge in [0.25, 0.3) is 0 Å². The van der Waals surface area contributed by atoms with Gasteiger partial charge < -0.3 is 14.5 Å². The van der Waals surface area contributed by atoms with E-state index >= 15 is 0 Å². The largest absolute Gasteiger partial charge is 0.444 e. The Morgan fingerprint density at radius 1 is 1.32 bits per heavy atom. The topological polar surface area (TPSA) is 84.0 Å². The Labute approximate surface area is 154 Å². The quantitative estimate of drug-likeness (QED) is 0.682. The van der Waals surface area contributed by atoms with E-state index in [2.05, 4.69) is 0 Å². The maximum Gasteiger partial charge on any atom is 0.410 e. The molecule has 0 N–H and O–H groups in total. The summed E-state index contributed by atoms with van der Waals surface area (Å²) in [5.74, 6) is 0.106. The van der Waals surface area contributed by atoms with Crippen molar-refractivity contribution in [1.29, 1.82) is 0 Å². The van der Waals surface area contributed by atoms with Gasteiger partial charge in [0.05, 0.1) is 0 Å². The number of ether oxygens (including phenoxy) is 1. The predicted octanol–water partition coefficient (Wildman–Crippen LogP) is 2.19. The van der Waals surface area contributed by atoms with Crippen LogP contribution in [0.2, 0.25) is 0 Å². The molecule has 2 rings (SSSR count). The summed E-state index contributed by atoms with van der Waals surface area (Å²) in [7, 11) is 1.65. The van der Waals surface area contributed by atoms with Crippen LogP contribution in [0, 0.1) is 5.92 Å². The summed E-state index contributed by atoms with van der Waals surface area (Å²) in [5.41, 5.74) is -0.520. The van der Waals surface area contributed by atoms with Gasteiger partial charge in [-0.1, -0.05) is 0 Å². The van der Waals surface area contributed by atoms with Crippen LogP contribution in [0.4, 0.5) is 4.79 Å². The van der Waals surface area contributed by atoms with Crippen molar-refractivity contribution in [2.24, 2.45) is 5.92 Å². The molecule has 0 aromatic heterocycles. The summed E-state index contributed by atoms with van der Waals surface area (Å²) in [5, 5.41) is -0.814. The van der Waals surface area contributed by atoms with E-state index in [0.29, 0.717) is 19.6 Å². The van der Waals surface area contributed by atoms with Gasteiger partial charge in [0, 0.05) is 43.3 Å². The molecular formula is C16H27ClN2O5S. The van der Waals surface area contributed by atoms with Gasteiger partial charge in [-0.05, 0) is 46.0 Å². The molecule has 7 nitrogen and oxygen atoms in total. The molecule has 2 unspecified atom stereocenters. The van der Waals surface area contributed by atoms with E-state index in [1.54, 1.807) is 9.80 Å². The Morgan fingerprint density at radius 2 is 2.00 bits per heavy atom. The maximum atomic E-state index is 12.2. The summed E-state index contributed by atoms with van der Waals surface area (Å²) in [6.07, 6.45) is 2.28. The highest BCUT2D eigenvalue weighted by molar-refractivity contribution is 8.14. The summed E-state index contributed by atoms with van der Waals surface area (Å²) < 4.78 is 28.2. The summed E-state index contributed by atoms with van der Waals surface area (Å²) >= 11 is 0. The van der Waals surface area contributed by atoms with Crippen LogP contribution < -0.4 is 0 Å². The predicted molar refractivity (Wildman–Crippen MR) is 94.9 cm³/mol. The molecule has 0 aliphatic carbocycles. The second-order valence-corrected chi connectivity index (χ2v) is 10.8. The molecule has 0 radical (unpaired) electrons. The molecule has 2 atom stereocenters. The minimum atomic E-state index is -3.71. The fourth-order valence-corrected chi connectivity index (χ4v) is 4.33. The maximum absolute atomic E-state index is 12.2. The van der Waals surface area contributed by atoms with E-state index in [9.17, 15) is 18.0 Å². The zero-order chi connectivity index (χ0) is 18.8. The lowest BCUT2D eigenvalue weighted by Gasteiger charge is -2.34. The molecule has 2 aliphatic heterocycles. The minimum absolute atomic E-state index is 0.0411. The monoisotopic (exact) mass is 394 g/mol. The molecule has 144 valence electrons. The second-order valence-electron chi connectivity index (χ2n) is 7.86. The first-order valence-electron chi connectivity index (χ1n) is 8.65. The van der Waals surface area contributed by atoms with E-state index in [4.69, 9.17) is 15.4 Å². The number of nitrogens with zero attached hydrogens (tertiary/aromatic N) is 2. The number of piperidine rings is 1. The third-order valence-electron chi connectivity index (χ3n) is 4.56. The number of hydrogen-bond acceptors (Lipinski definition) is 5. The van der Waals surface area contributed by atoms with Gasteiger partial charge in [-0.2, -0.15) is 0 Å². The Morgan fingerprint density at radius 3 is 2.56 bits per heavy atom. The van der Waals surface area contributed by atoms with E-state index < -0.39 is 19.9 Å². The number of likely N-dealkylation sites (tertiary alicyclic amines) is 2. The van der Waals surface area contributed by atoms with E-state index in [-0.39, 0.29) is 30.9 Å². The molecule has 2 heterocycles. The first-order valence-corrected chi connectivity index (χ1v) is 11.0. The summed E-state index contributed by atoms with van der Waals surface area (Å²) in [6, 6.07) is 0.